The number of aromatic amines is 1. The van der Waals surface area contributed by atoms with Crippen LogP contribution in [0.1, 0.15) is 10.5 Å². The minimum Gasteiger partial charge on any atom is -0.497 e. The van der Waals surface area contributed by atoms with Crippen molar-refractivity contribution in [3.8, 4) is 5.75 Å². The van der Waals surface area contributed by atoms with E-state index < -0.39 is 0 Å². The van der Waals surface area contributed by atoms with Crippen LogP contribution in [-0.2, 0) is 4.74 Å². The number of carbonyl (C=O) groups excluding carboxylic acids is 1. The molecular formula is C12H13NO3S. The molecule has 1 aromatic carbocycles. The van der Waals surface area contributed by atoms with E-state index in [0.29, 0.717) is 5.69 Å². The molecular weight excluding hydrogens is 238 g/mol. The Morgan fingerprint density at radius 3 is 2.71 bits per heavy atom. The molecule has 0 radical (unpaired) electrons. The zero-order valence-corrected chi connectivity index (χ0v) is 10.7. The molecule has 1 heterocycles. The van der Waals surface area contributed by atoms with Gasteiger partial charge < -0.3 is 14.5 Å². The second kappa shape index (κ2) is 4.71. The Bertz CT molecular complexity index is 562. The van der Waals surface area contributed by atoms with Crippen LogP contribution in [0, 0.1) is 0 Å². The van der Waals surface area contributed by atoms with Crippen molar-refractivity contribution < 1.29 is 14.3 Å². The number of ether oxygens (including phenoxy) is 2. The zero-order chi connectivity index (χ0) is 12.4. The zero-order valence-electron chi connectivity index (χ0n) is 9.87. The normalized spacial score (nSPS) is 10.5. The molecule has 0 atom stereocenters. The van der Waals surface area contributed by atoms with Gasteiger partial charge in [0.25, 0.3) is 0 Å². The smallest absolute Gasteiger partial charge is 0.355 e. The number of H-pyrrole nitrogens is 1. The standard InChI is InChI=1S/C12H13NO3S/c1-15-7-4-5-9-8(6-7)11(17-3)10(13-9)12(14)16-2/h4-6,13H,1-3H3. The lowest BCUT2D eigenvalue weighted by atomic mass is 10.2. The maximum atomic E-state index is 11.6. The summed E-state index contributed by atoms with van der Waals surface area (Å²) in [5.41, 5.74) is 1.39. The average molecular weight is 251 g/mol. The number of hydrogen-bond acceptors (Lipinski definition) is 4. The second-order valence-electron chi connectivity index (χ2n) is 3.44. The summed E-state index contributed by atoms with van der Waals surface area (Å²) >= 11 is 1.51. The predicted octanol–water partition coefficient (Wildman–Crippen LogP) is 2.69. The Kier molecular flexibility index (Phi) is 3.28. The molecule has 17 heavy (non-hydrogen) atoms. The molecule has 0 saturated heterocycles. The molecule has 1 N–H and O–H groups in total. The maximum Gasteiger partial charge on any atom is 0.355 e. The number of thioether (sulfide) groups is 1. The first-order valence-corrected chi connectivity index (χ1v) is 6.25. The van der Waals surface area contributed by atoms with Gasteiger partial charge in [-0.15, -0.1) is 11.8 Å². The van der Waals surface area contributed by atoms with Crippen molar-refractivity contribution >= 4 is 28.6 Å². The lowest BCUT2D eigenvalue weighted by molar-refractivity contribution is 0.0591. The highest BCUT2D eigenvalue weighted by Gasteiger charge is 2.17. The molecule has 5 heteroatoms. The lowest BCUT2D eigenvalue weighted by Gasteiger charge is -2.00. The summed E-state index contributed by atoms with van der Waals surface area (Å²) in [6.07, 6.45) is 1.93. The molecule has 0 unspecified atom stereocenters. The van der Waals surface area contributed by atoms with Crippen molar-refractivity contribution in [1.29, 1.82) is 0 Å². The molecule has 0 aliphatic heterocycles. The van der Waals surface area contributed by atoms with Gasteiger partial charge in [-0.25, -0.2) is 4.79 Å². The summed E-state index contributed by atoms with van der Waals surface area (Å²) in [6, 6.07) is 5.65. The molecule has 2 aromatic rings. The average Bonchev–Trinajstić information content (AvgIpc) is 2.74. The Morgan fingerprint density at radius 1 is 1.35 bits per heavy atom. The molecule has 1 aromatic heterocycles. The fourth-order valence-corrected chi connectivity index (χ4v) is 2.46. The van der Waals surface area contributed by atoms with Crippen molar-refractivity contribution in [2.75, 3.05) is 20.5 Å². The van der Waals surface area contributed by atoms with E-state index in [4.69, 9.17) is 9.47 Å². The molecule has 0 aliphatic carbocycles. The van der Waals surface area contributed by atoms with Gasteiger partial charge in [0.05, 0.1) is 14.2 Å². The first kappa shape index (κ1) is 11.9. The summed E-state index contributed by atoms with van der Waals surface area (Å²) in [5.74, 6) is 0.410. The van der Waals surface area contributed by atoms with Gasteiger partial charge in [0.15, 0.2) is 0 Å². The summed E-state index contributed by atoms with van der Waals surface area (Å²) in [5, 5.41) is 0.970. The Labute approximate surface area is 103 Å². The SMILES string of the molecule is COC(=O)c1[nH]c2ccc(OC)cc2c1SC. The van der Waals surface area contributed by atoms with Gasteiger partial charge in [0.1, 0.15) is 11.4 Å². The summed E-state index contributed by atoms with van der Waals surface area (Å²) in [4.78, 5) is 15.6. The fraction of sp³-hybridized carbons (Fsp3) is 0.250. The highest BCUT2D eigenvalue weighted by atomic mass is 32.2. The van der Waals surface area contributed by atoms with Crippen LogP contribution in [0.5, 0.6) is 5.75 Å². The van der Waals surface area contributed by atoms with Crippen LogP contribution >= 0.6 is 11.8 Å². The number of hydrogen-bond donors (Lipinski definition) is 1. The van der Waals surface area contributed by atoms with E-state index in [1.165, 1.54) is 18.9 Å². The second-order valence-corrected chi connectivity index (χ2v) is 4.25. The molecule has 0 saturated carbocycles. The van der Waals surface area contributed by atoms with Crippen LogP contribution in [0.25, 0.3) is 10.9 Å². The number of esters is 1. The quantitative estimate of drug-likeness (QED) is 0.673. The Balaban J connectivity index is 2.67. The topological polar surface area (TPSA) is 51.3 Å². The minimum atomic E-state index is -0.357. The predicted molar refractivity (Wildman–Crippen MR) is 68.0 cm³/mol. The molecule has 0 spiro atoms. The summed E-state index contributed by atoms with van der Waals surface area (Å²) < 4.78 is 9.93. The van der Waals surface area contributed by atoms with E-state index in [1.807, 2.05) is 24.5 Å². The third kappa shape index (κ3) is 1.98. The van der Waals surface area contributed by atoms with Crippen LogP contribution in [-0.4, -0.2) is 31.4 Å². The van der Waals surface area contributed by atoms with Crippen molar-refractivity contribution in [3.63, 3.8) is 0 Å². The van der Waals surface area contributed by atoms with Gasteiger partial charge in [-0.1, -0.05) is 0 Å². The monoisotopic (exact) mass is 251 g/mol. The number of rotatable bonds is 3. The lowest BCUT2D eigenvalue weighted by Crippen LogP contribution is -2.02. The molecule has 4 nitrogen and oxygen atoms in total. The fourth-order valence-electron chi connectivity index (χ4n) is 1.73. The highest BCUT2D eigenvalue weighted by Crippen LogP contribution is 2.33. The van der Waals surface area contributed by atoms with Gasteiger partial charge in [0, 0.05) is 15.8 Å². The maximum absolute atomic E-state index is 11.6. The number of carbonyl (C=O) groups is 1. The molecule has 0 amide bonds. The number of fused-ring (bicyclic) bond motifs is 1. The van der Waals surface area contributed by atoms with Gasteiger partial charge in [0.2, 0.25) is 0 Å². The van der Waals surface area contributed by atoms with E-state index in [0.717, 1.165) is 21.5 Å². The van der Waals surface area contributed by atoms with E-state index in [9.17, 15) is 4.79 Å². The van der Waals surface area contributed by atoms with Crippen LogP contribution in [0.15, 0.2) is 23.1 Å². The molecule has 2 rings (SSSR count). The van der Waals surface area contributed by atoms with Crippen molar-refractivity contribution in [2.24, 2.45) is 0 Å². The summed E-state index contributed by atoms with van der Waals surface area (Å²) in [6.45, 7) is 0. The number of aromatic nitrogens is 1. The molecule has 90 valence electrons. The van der Waals surface area contributed by atoms with E-state index in [1.54, 1.807) is 7.11 Å². The van der Waals surface area contributed by atoms with Gasteiger partial charge in [-0.2, -0.15) is 0 Å². The third-order valence-electron chi connectivity index (χ3n) is 2.55. The Hall–Kier alpha value is -1.62. The van der Waals surface area contributed by atoms with Crippen LogP contribution < -0.4 is 4.74 Å². The summed E-state index contributed by atoms with van der Waals surface area (Å²) in [7, 11) is 2.99. The highest BCUT2D eigenvalue weighted by molar-refractivity contribution is 7.99. The van der Waals surface area contributed by atoms with Crippen molar-refractivity contribution in [2.45, 2.75) is 4.90 Å². The van der Waals surface area contributed by atoms with E-state index in [2.05, 4.69) is 4.98 Å². The molecule has 0 bridgehead atoms. The van der Waals surface area contributed by atoms with Crippen LogP contribution in [0.4, 0.5) is 0 Å². The third-order valence-corrected chi connectivity index (χ3v) is 3.38. The van der Waals surface area contributed by atoms with Crippen molar-refractivity contribution in [3.05, 3.63) is 23.9 Å². The van der Waals surface area contributed by atoms with E-state index in [-0.39, 0.29) is 5.97 Å². The number of nitrogens with one attached hydrogen (secondary N) is 1. The van der Waals surface area contributed by atoms with Gasteiger partial charge in [-0.05, 0) is 24.5 Å². The number of methoxy groups -OCH3 is 2. The van der Waals surface area contributed by atoms with E-state index >= 15 is 0 Å². The minimum absolute atomic E-state index is 0.357. The first-order chi connectivity index (χ1) is 8.21. The van der Waals surface area contributed by atoms with Gasteiger partial charge >= 0.3 is 5.97 Å². The Morgan fingerprint density at radius 2 is 2.12 bits per heavy atom. The molecule has 0 aliphatic rings. The van der Waals surface area contributed by atoms with Gasteiger partial charge in [-0.3, -0.25) is 0 Å². The van der Waals surface area contributed by atoms with Crippen LogP contribution in [0.3, 0.4) is 0 Å². The van der Waals surface area contributed by atoms with Crippen molar-refractivity contribution in [1.82, 2.24) is 4.98 Å². The molecule has 0 fully saturated rings. The largest absolute Gasteiger partial charge is 0.497 e. The number of benzene rings is 1. The van der Waals surface area contributed by atoms with Crippen LogP contribution in [0.2, 0.25) is 0 Å². The first-order valence-electron chi connectivity index (χ1n) is 5.03.